The number of halogens is 1. The Morgan fingerprint density at radius 1 is 1.15 bits per heavy atom. The van der Waals surface area contributed by atoms with Crippen LogP contribution in [-0.2, 0) is 0 Å². The minimum Gasteiger partial charge on any atom is -0.312 e. The first-order chi connectivity index (χ1) is 9.74. The molecule has 2 aromatic rings. The second kappa shape index (κ2) is 7.75. The van der Waals surface area contributed by atoms with Crippen LogP contribution in [0.25, 0.3) is 10.1 Å². The fourth-order valence-electron chi connectivity index (χ4n) is 2.59. The predicted octanol–water partition coefficient (Wildman–Crippen LogP) is 5.66. The molecule has 1 N–H and O–H groups in total. The van der Waals surface area contributed by atoms with Gasteiger partial charge in [0.15, 0.2) is 0 Å². The largest absolute Gasteiger partial charge is 0.312 e. The Bertz CT molecular complexity index is 535. The van der Waals surface area contributed by atoms with Crippen molar-refractivity contribution in [3.8, 4) is 0 Å². The third kappa shape index (κ3) is 4.03. The number of thiophene rings is 1. The van der Waals surface area contributed by atoms with Crippen LogP contribution in [0.5, 0.6) is 0 Å². The Kier molecular flexibility index (Phi) is 5.99. The summed E-state index contributed by atoms with van der Waals surface area (Å²) >= 11 is 1.78. The van der Waals surface area contributed by atoms with Crippen LogP contribution in [-0.4, -0.2) is 7.05 Å². The zero-order chi connectivity index (χ0) is 14.4. The van der Waals surface area contributed by atoms with Crippen molar-refractivity contribution in [3.05, 3.63) is 35.0 Å². The van der Waals surface area contributed by atoms with Crippen LogP contribution in [0.2, 0.25) is 0 Å². The third-order valence-corrected chi connectivity index (χ3v) is 5.02. The molecule has 1 aromatic heterocycles. The van der Waals surface area contributed by atoms with Gasteiger partial charge in [-0.25, -0.2) is 4.39 Å². The van der Waals surface area contributed by atoms with E-state index in [2.05, 4.69) is 18.3 Å². The quantitative estimate of drug-likeness (QED) is 0.619. The molecule has 1 aromatic carbocycles. The van der Waals surface area contributed by atoms with Gasteiger partial charge >= 0.3 is 0 Å². The molecular formula is C17H24FNS. The highest BCUT2D eigenvalue weighted by Gasteiger charge is 2.12. The predicted molar refractivity (Wildman–Crippen MR) is 87.0 cm³/mol. The minimum absolute atomic E-state index is 0.151. The van der Waals surface area contributed by atoms with Gasteiger partial charge < -0.3 is 5.32 Å². The molecule has 0 aliphatic carbocycles. The monoisotopic (exact) mass is 293 g/mol. The van der Waals surface area contributed by atoms with Crippen LogP contribution in [0.15, 0.2) is 24.3 Å². The molecule has 0 bridgehead atoms. The zero-order valence-corrected chi connectivity index (χ0v) is 13.2. The summed E-state index contributed by atoms with van der Waals surface area (Å²) in [5.41, 5.74) is 0. The fourth-order valence-corrected chi connectivity index (χ4v) is 3.78. The molecule has 110 valence electrons. The molecule has 0 saturated heterocycles. The number of unbranched alkanes of at least 4 members (excludes halogenated alkanes) is 4. The SMILES string of the molecule is CCCCCCCC(NC)c1cc2cc(F)ccc2s1. The third-order valence-electron chi connectivity index (χ3n) is 3.79. The molecule has 0 aliphatic heterocycles. The Morgan fingerprint density at radius 2 is 1.95 bits per heavy atom. The lowest BCUT2D eigenvalue weighted by atomic mass is 10.0. The average Bonchev–Trinajstić information content (AvgIpc) is 2.85. The Hall–Kier alpha value is -0.930. The molecule has 1 atom stereocenters. The molecule has 3 heteroatoms. The van der Waals surface area contributed by atoms with Gasteiger partial charge in [0.2, 0.25) is 0 Å². The summed E-state index contributed by atoms with van der Waals surface area (Å²) in [6, 6.07) is 7.59. The summed E-state index contributed by atoms with van der Waals surface area (Å²) < 4.78 is 14.4. The van der Waals surface area contributed by atoms with Crippen LogP contribution < -0.4 is 5.32 Å². The lowest BCUT2D eigenvalue weighted by Crippen LogP contribution is -2.14. The van der Waals surface area contributed by atoms with Gasteiger partial charge in [0, 0.05) is 15.6 Å². The molecule has 0 saturated carbocycles. The molecule has 1 unspecified atom stereocenters. The summed E-state index contributed by atoms with van der Waals surface area (Å²) in [5, 5.41) is 4.43. The van der Waals surface area contributed by atoms with E-state index in [4.69, 9.17) is 0 Å². The highest BCUT2D eigenvalue weighted by molar-refractivity contribution is 7.19. The van der Waals surface area contributed by atoms with Crippen LogP contribution in [0.1, 0.15) is 56.4 Å². The van der Waals surface area contributed by atoms with E-state index in [-0.39, 0.29) is 5.82 Å². The summed E-state index contributed by atoms with van der Waals surface area (Å²) in [7, 11) is 2.02. The zero-order valence-electron chi connectivity index (χ0n) is 12.4. The Labute approximate surface area is 125 Å². The number of benzene rings is 1. The van der Waals surface area contributed by atoms with Gasteiger partial charge in [0.25, 0.3) is 0 Å². The first kappa shape index (κ1) is 15.5. The Morgan fingerprint density at radius 3 is 2.70 bits per heavy atom. The summed E-state index contributed by atoms with van der Waals surface area (Å²) in [5.74, 6) is -0.151. The maximum atomic E-state index is 13.2. The van der Waals surface area contributed by atoms with Crippen LogP contribution >= 0.6 is 11.3 Å². The maximum Gasteiger partial charge on any atom is 0.123 e. The van der Waals surface area contributed by atoms with Crippen molar-refractivity contribution in [2.75, 3.05) is 7.05 Å². The van der Waals surface area contributed by atoms with Gasteiger partial charge in [0.1, 0.15) is 5.82 Å². The van der Waals surface area contributed by atoms with E-state index in [0.717, 1.165) is 11.8 Å². The van der Waals surface area contributed by atoms with E-state index in [1.165, 1.54) is 41.7 Å². The second-order valence-electron chi connectivity index (χ2n) is 5.38. The van der Waals surface area contributed by atoms with Gasteiger partial charge in [-0.2, -0.15) is 0 Å². The second-order valence-corrected chi connectivity index (χ2v) is 6.49. The molecular weight excluding hydrogens is 269 g/mol. The molecule has 0 radical (unpaired) electrons. The van der Waals surface area contributed by atoms with Gasteiger partial charge in [-0.1, -0.05) is 39.0 Å². The van der Waals surface area contributed by atoms with Crippen molar-refractivity contribution in [2.45, 2.75) is 51.5 Å². The first-order valence-electron chi connectivity index (χ1n) is 7.61. The van der Waals surface area contributed by atoms with Crippen molar-refractivity contribution in [3.63, 3.8) is 0 Å². The summed E-state index contributed by atoms with van der Waals surface area (Å²) in [6.07, 6.45) is 7.70. The minimum atomic E-state index is -0.151. The number of hydrogen-bond acceptors (Lipinski definition) is 2. The fraction of sp³-hybridized carbons (Fsp3) is 0.529. The highest BCUT2D eigenvalue weighted by Crippen LogP contribution is 2.32. The molecule has 0 aliphatic rings. The Balaban J connectivity index is 1.98. The van der Waals surface area contributed by atoms with Crippen molar-refractivity contribution in [1.82, 2.24) is 5.32 Å². The van der Waals surface area contributed by atoms with E-state index in [1.807, 2.05) is 13.1 Å². The highest BCUT2D eigenvalue weighted by atomic mass is 32.1. The van der Waals surface area contributed by atoms with Crippen molar-refractivity contribution >= 4 is 21.4 Å². The molecule has 1 heterocycles. The molecule has 0 spiro atoms. The van der Waals surface area contributed by atoms with Crippen molar-refractivity contribution in [1.29, 1.82) is 0 Å². The van der Waals surface area contributed by atoms with Crippen LogP contribution in [0.4, 0.5) is 4.39 Å². The van der Waals surface area contributed by atoms with E-state index < -0.39 is 0 Å². The normalized spacial score (nSPS) is 12.9. The molecule has 0 amide bonds. The molecule has 1 nitrogen and oxygen atoms in total. The summed E-state index contributed by atoms with van der Waals surface area (Å²) in [6.45, 7) is 2.24. The number of nitrogens with one attached hydrogen (secondary N) is 1. The first-order valence-corrected chi connectivity index (χ1v) is 8.42. The van der Waals surface area contributed by atoms with E-state index in [0.29, 0.717) is 6.04 Å². The lowest BCUT2D eigenvalue weighted by molar-refractivity contribution is 0.506. The smallest absolute Gasteiger partial charge is 0.123 e. The number of hydrogen-bond donors (Lipinski definition) is 1. The van der Waals surface area contributed by atoms with Crippen molar-refractivity contribution in [2.24, 2.45) is 0 Å². The lowest BCUT2D eigenvalue weighted by Gasteiger charge is -2.14. The van der Waals surface area contributed by atoms with Crippen LogP contribution in [0, 0.1) is 5.82 Å². The standard InChI is InChI=1S/C17H24FNS/c1-3-4-5-6-7-8-15(19-2)17-12-13-11-14(18)9-10-16(13)20-17/h9-12,15,19H,3-8H2,1-2H3. The maximum absolute atomic E-state index is 13.2. The van der Waals surface area contributed by atoms with Gasteiger partial charge in [-0.05, 0) is 43.1 Å². The topological polar surface area (TPSA) is 12.0 Å². The summed E-state index contributed by atoms with van der Waals surface area (Å²) in [4.78, 5) is 1.32. The van der Waals surface area contributed by atoms with Crippen molar-refractivity contribution < 1.29 is 4.39 Å². The molecule has 0 fully saturated rings. The number of rotatable bonds is 8. The van der Waals surface area contributed by atoms with Gasteiger partial charge in [-0.3, -0.25) is 0 Å². The van der Waals surface area contributed by atoms with E-state index >= 15 is 0 Å². The van der Waals surface area contributed by atoms with E-state index in [9.17, 15) is 4.39 Å². The molecule has 2 rings (SSSR count). The van der Waals surface area contributed by atoms with E-state index in [1.54, 1.807) is 23.5 Å². The average molecular weight is 293 g/mol. The van der Waals surface area contributed by atoms with Gasteiger partial charge in [0.05, 0.1) is 0 Å². The number of fused-ring (bicyclic) bond motifs is 1. The van der Waals surface area contributed by atoms with Crippen LogP contribution in [0.3, 0.4) is 0 Å². The van der Waals surface area contributed by atoms with Gasteiger partial charge in [-0.15, -0.1) is 11.3 Å². The molecule has 20 heavy (non-hydrogen) atoms.